The Morgan fingerprint density at radius 1 is 1.68 bits per heavy atom. The van der Waals surface area contributed by atoms with Crippen LogP contribution in [0.2, 0.25) is 0 Å². The van der Waals surface area contributed by atoms with Gasteiger partial charge >= 0.3 is 5.00 Å². The summed E-state index contributed by atoms with van der Waals surface area (Å²) in [5.41, 5.74) is 0.295. The van der Waals surface area contributed by atoms with Gasteiger partial charge in [-0.2, -0.15) is 0 Å². The zero-order valence-corrected chi connectivity index (χ0v) is 11.9. The van der Waals surface area contributed by atoms with E-state index in [1.54, 1.807) is 11.4 Å². The van der Waals surface area contributed by atoms with Crippen LogP contribution in [0.25, 0.3) is 0 Å². The average molecular weight is 284 g/mol. The molecule has 2 N–H and O–H groups in total. The van der Waals surface area contributed by atoms with Crippen molar-refractivity contribution in [3.05, 3.63) is 27.1 Å². The monoisotopic (exact) mass is 284 g/mol. The summed E-state index contributed by atoms with van der Waals surface area (Å²) in [6.45, 7) is 3.30. The topological polar surface area (TPSA) is 75.4 Å². The van der Waals surface area contributed by atoms with E-state index in [1.165, 1.54) is 6.42 Å². The van der Waals surface area contributed by atoms with Crippen LogP contribution < -0.4 is 5.32 Å². The molecule has 0 radical (unpaired) electrons. The van der Waals surface area contributed by atoms with Gasteiger partial charge in [0, 0.05) is 24.5 Å². The normalized spacial score (nSPS) is 27.4. The Morgan fingerprint density at radius 2 is 2.47 bits per heavy atom. The largest absolute Gasteiger partial charge is 0.389 e. The maximum Gasteiger partial charge on any atom is 0.324 e. The molecular formula is C13H20N2O3S. The second kappa shape index (κ2) is 5.98. The lowest BCUT2D eigenvalue weighted by Gasteiger charge is -2.35. The van der Waals surface area contributed by atoms with E-state index in [0.717, 1.165) is 36.2 Å². The number of hydrogen-bond acceptors (Lipinski definition) is 5. The van der Waals surface area contributed by atoms with Gasteiger partial charge in [0.15, 0.2) is 0 Å². The molecule has 1 saturated carbocycles. The Balaban J connectivity index is 1.80. The molecule has 106 valence electrons. The molecule has 5 nitrogen and oxygen atoms in total. The molecule has 0 spiro atoms. The van der Waals surface area contributed by atoms with Crippen molar-refractivity contribution in [2.45, 2.75) is 44.8 Å². The summed E-state index contributed by atoms with van der Waals surface area (Å²) in [6.07, 6.45) is 3.94. The van der Waals surface area contributed by atoms with Gasteiger partial charge in [-0.05, 0) is 24.3 Å². The molecule has 1 fully saturated rings. The third kappa shape index (κ3) is 3.99. The van der Waals surface area contributed by atoms with E-state index in [9.17, 15) is 15.2 Å². The standard InChI is InChI=1S/C13H20N2O3S/c1-10-3-2-4-13(16,6-10)9-14-7-11-5-12(15(17)18)19-8-11/h5,8,10,14,16H,2-4,6-7,9H2,1H3. The number of nitrogens with one attached hydrogen (secondary N) is 1. The number of nitrogens with zero attached hydrogens (tertiary/aromatic N) is 1. The lowest BCUT2D eigenvalue weighted by atomic mass is 9.79. The van der Waals surface area contributed by atoms with Crippen molar-refractivity contribution < 1.29 is 10.0 Å². The van der Waals surface area contributed by atoms with E-state index < -0.39 is 5.60 Å². The van der Waals surface area contributed by atoms with Crippen molar-refractivity contribution >= 4 is 16.3 Å². The summed E-state index contributed by atoms with van der Waals surface area (Å²) in [6, 6.07) is 1.59. The molecule has 0 aliphatic heterocycles. The molecule has 0 aromatic carbocycles. The molecule has 2 unspecified atom stereocenters. The van der Waals surface area contributed by atoms with Gasteiger partial charge in [-0.25, -0.2) is 0 Å². The molecule has 1 heterocycles. The summed E-state index contributed by atoms with van der Waals surface area (Å²) >= 11 is 1.14. The third-order valence-corrected chi connectivity index (χ3v) is 4.60. The summed E-state index contributed by atoms with van der Waals surface area (Å²) < 4.78 is 0. The van der Waals surface area contributed by atoms with Crippen LogP contribution in [0.15, 0.2) is 11.4 Å². The zero-order valence-electron chi connectivity index (χ0n) is 11.1. The highest BCUT2D eigenvalue weighted by atomic mass is 32.1. The first kappa shape index (κ1) is 14.4. The molecule has 6 heteroatoms. The molecule has 1 aliphatic rings. The maximum atomic E-state index is 10.6. The van der Waals surface area contributed by atoms with Gasteiger partial charge in [-0.1, -0.05) is 31.1 Å². The number of nitro groups is 1. The van der Waals surface area contributed by atoms with E-state index in [4.69, 9.17) is 0 Å². The summed E-state index contributed by atoms with van der Waals surface area (Å²) in [7, 11) is 0. The summed E-state index contributed by atoms with van der Waals surface area (Å²) in [5, 5.41) is 26.2. The van der Waals surface area contributed by atoms with Crippen molar-refractivity contribution in [1.82, 2.24) is 5.32 Å². The van der Waals surface area contributed by atoms with E-state index in [0.29, 0.717) is 19.0 Å². The first-order valence-corrected chi connectivity index (χ1v) is 7.51. The second-order valence-corrected chi connectivity index (χ2v) is 6.47. The zero-order chi connectivity index (χ0) is 13.9. The molecule has 0 bridgehead atoms. The van der Waals surface area contributed by atoms with Crippen LogP contribution in [0, 0.1) is 16.0 Å². The Morgan fingerprint density at radius 3 is 3.11 bits per heavy atom. The van der Waals surface area contributed by atoms with Gasteiger partial charge < -0.3 is 10.4 Å². The van der Waals surface area contributed by atoms with Gasteiger partial charge in [-0.3, -0.25) is 10.1 Å². The fourth-order valence-electron chi connectivity index (χ4n) is 2.78. The Labute approximate surface area is 116 Å². The van der Waals surface area contributed by atoms with Crippen LogP contribution >= 0.6 is 11.3 Å². The third-order valence-electron chi connectivity index (χ3n) is 3.67. The van der Waals surface area contributed by atoms with Crippen molar-refractivity contribution in [2.24, 2.45) is 5.92 Å². The molecule has 19 heavy (non-hydrogen) atoms. The van der Waals surface area contributed by atoms with Crippen LogP contribution in [-0.4, -0.2) is 22.2 Å². The Hall–Kier alpha value is -0.980. The predicted molar refractivity (Wildman–Crippen MR) is 75.3 cm³/mol. The molecule has 2 atom stereocenters. The number of aliphatic hydroxyl groups is 1. The van der Waals surface area contributed by atoms with Crippen LogP contribution in [-0.2, 0) is 6.54 Å². The number of rotatable bonds is 5. The van der Waals surface area contributed by atoms with E-state index in [1.807, 2.05) is 0 Å². The van der Waals surface area contributed by atoms with Crippen LogP contribution in [0.1, 0.15) is 38.2 Å². The van der Waals surface area contributed by atoms with Gasteiger partial charge in [0.1, 0.15) is 0 Å². The average Bonchev–Trinajstić information content (AvgIpc) is 2.77. The van der Waals surface area contributed by atoms with Crippen molar-refractivity contribution in [1.29, 1.82) is 0 Å². The highest BCUT2D eigenvalue weighted by molar-refractivity contribution is 7.13. The highest BCUT2D eigenvalue weighted by Crippen LogP contribution is 2.31. The predicted octanol–water partition coefficient (Wildman–Crippen LogP) is 2.69. The quantitative estimate of drug-likeness (QED) is 0.644. The fraction of sp³-hybridized carbons (Fsp3) is 0.692. The van der Waals surface area contributed by atoms with Crippen molar-refractivity contribution in [2.75, 3.05) is 6.54 Å². The fourth-order valence-corrected chi connectivity index (χ4v) is 3.51. The van der Waals surface area contributed by atoms with Crippen molar-refractivity contribution in [3.63, 3.8) is 0 Å². The molecule has 2 rings (SSSR count). The van der Waals surface area contributed by atoms with Gasteiger partial charge in [0.25, 0.3) is 0 Å². The second-order valence-electron chi connectivity index (χ2n) is 5.58. The lowest BCUT2D eigenvalue weighted by molar-refractivity contribution is -0.380. The molecule has 1 aromatic heterocycles. The smallest absolute Gasteiger partial charge is 0.324 e. The SMILES string of the molecule is CC1CCCC(O)(CNCc2csc([N+](=O)[O-])c2)C1. The van der Waals surface area contributed by atoms with E-state index >= 15 is 0 Å². The minimum absolute atomic E-state index is 0.168. The lowest BCUT2D eigenvalue weighted by Crippen LogP contribution is -2.43. The van der Waals surface area contributed by atoms with Gasteiger partial charge in [0.2, 0.25) is 0 Å². The Kier molecular flexibility index (Phi) is 4.54. The first-order valence-electron chi connectivity index (χ1n) is 6.63. The summed E-state index contributed by atoms with van der Waals surface area (Å²) in [5.74, 6) is 0.572. The van der Waals surface area contributed by atoms with Gasteiger partial charge in [-0.15, -0.1) is 0 Å². The molecule has 1 aromatic rings. The number of thiophene rings is 1. The maximum absolute atomic E-state index is 10.6. The molecule has 0 amide bonds. The Bertz CT molecular complexity index is 449. The van der Waals surface area contributed by atoms with Crippen molar-refractivity contribution in [3.8, 4) is 0 Å². The minimum atomic E-state index is -0.611. The first-order chi connectivity index (χ1) is 8.98. The molecular weight excluding hydrogens is 264 g/mol. The van der Waals surface area contributed by atoms with E-state index in [2.05, 4.69) is 12.2 Å². The minimum Gasteiger partial charge on any atom is -0.389 e. The molecule has 0 saturated heterocycles. The number of hydrogen-bond donors (Lipinski definition) is 2. The highest BCUT2D eigenvalue weighted by Gasteiger charge is 2.32. The van der Waals surface area contributed by atoms with Crippen LogP contribution in [0.5, 0.6) is 0 Å². The van der Waals surface area contributed by atoms with Crippen LogP contribution in [0.3, 0.4) is 0 Å². The molecule has 1 aliphatic carbocycles. The summed E-state index contributed by atoms with van der Waals surface area (Å²) in [4.78, 5) is 10.2. The van der Waals surface area contributed by atoms with Gasteiger partial charge in [0.05, 0.1) is 10.5 Å². The van der Waals surface area contributed by atoms with Crippen LogP contribution in [0.4, 0.5) is 5.00 Å². The van der Waals surface area contributed by atoms with E-state index in [-0.39, 0.29) is 9.92 Å².